The fourth-order valence-electron chi connectivity index (χ4n) is 3.17. The zero-order valence-electron chi connectivity index (χ0n) is 13.9. The highest BCUT2D eigenvalue weighted by Crippen LogP contribution is 2.30. The van der Waals surface area contributed by atoms with Crippen LogP contribution in [0.4, 0.5) is 0 Å². The molecule has 0 atom stereocenters. The normalized spacial score (nSPS) is 11.1. The third-order valence-corrected chi connectivity index (χ3v) is 4.38. The number of hydrogen-bond acceptors (Lipinski definition) is 4. The summed E-state index contributed by atoms with van der Waals surface area (Å²) in [4.78, 5) is 27.8. The van der Waals surface area contributed by atoms with E-state index in [0.29, 0.717) is 29.4 Å². The Labute approximate surface area is 148 Å². The van der Waals surface area contributed by atoms with Gasteiger partial charge in [0, 0.05) is 36.6 Å². The molecule has 0 bridgehead atoms. The summed E-state index contributed by atoms with van der Waals surface area (Å²) >= 11 is 0. The summed E-state index contributed by atoms with van der Waals surface area (Å²) < 4.78 is 0. The zero-order chi connectivity index (χ0) is 18.1. The lowest BCUT2D eigenvalue weighted by atomic mass is 9.95. The van der Waals surface area contributed by atoms with Gasteiger partial charge < -0.3 is 16.0 Å². The molecule has 26 heavy (non-hydrogen) atoms. The largest absolute Gasteiger partial charge is 0.351 e. The molecule has 0 aliphatic heterocycles. The van der Waals surface area contributed by atoms with Crippen LogP contribution in [0.15, 0.2) is 53.7 Å². The number of nitrogens with one attached hydrogen (secondary N) is 3. The van der Waals surface area contributed by atoms with E-state index >= 15 is 0 Å². The fraction of sp³-hybridized carbons (Fsp3) is 0.105. The number of amides is 1. The summed E-state index contributed by atoms with van der Waals surface area (Å²) in [7, 11) is 0. The van der Waals surface area contributed by atoms with Gasteiger partial charge in [0.05, 0.1) is 11.6 Å². The molecule has 4 aromatic rings. The van der Waals surface area contributed by atoms with Gasteiger partial charge in [0.15, 0.2) is 0 Å². The first-order valence-electron chi connectivity index (χ1n) is 8.24. The van der Waals surface area contributed by atoms with Crippen molar-refractivity contribution in [1.82, 2.24) is 20.5 Å². The van der Waals surface area contributed by atoms with Crippen molar-refractivity contribution in [1.29, 1.82) is 0 Å². The molecule has 0 aliphatic rings. The van der Waals surface area contributed by atoms with Crippen LogP contribution in [0.2, 0.25) is 0 Å². The van der Waals surface area contributed by atoms with E-state index in [1.54, 1.807) is 30.7 Å². The molecular weight excluding hydrogens is 330 g/mol. The number of rotatable bonds is 4. The lowest BCUT2D eigenvalue weighted by Crippen LogP contribution is -2.29. The zero-order valence-corrected chi connectivity index (χ0v) is 13.9. The number of benzene rings is 2. The fourth-order valence-corrected chi connectivity index (χ4v) is 3.17. The quantitative estimate of drug-likeness (QED) is 0.421. The number of H-pyrrole nitrogens is 2. The molecule has 4 rings (SSSR count). The van der Waals surface area contributed by atoms with Gasteiger partial charge in [0.25, 0.3) is 11.5 Å². The van der Waals surface area contributed by atoms with Crippen molar-refractivity contribution in [2.24, 2.45) is 5.73 Å². The topological polar surface area (TPSA) is 117 Å². The lowest BCUT2D eigenvalue weighted by molar-refractivity contribution is 0.0956. The van der Waals surface area contributed by atoms with Gasteiger partial charge in [-0.3, -0.25) is 14.7 Å². The maximum atomic E-state index is 12.6. The van der Waals surface area contributed by atoms with Gasteiger partial charge in [-0.05, 0) is 39.9 Å². The molecule has 7 nitrogen and oxygen atoms in total. The number of aromatic amines is 2. The number of fused-ring (bicyclic) bond motifs is 3. The van der Waals surface area contributed by atoms with Gasteiger partial charge in [-0.15, -0.1) is 0 Å². The number of pyridine rings is 1. The van der Waals surface area contributed by atoms with Crippen LogP contribution in [0.5, 0.6) is 0 Å². The van der Waals surface area contributed by atoms with E-state index in [0.717, 1.165) is 21.9 Å². The molecule has 2 heterocycles. The molecule has 0 saturated carbocycles. The molecule has 2 aromatic heterocycles. The van der Waals surface area contributed by atoms with Crippen LogP contribution in [-0.2, 0) is 0 Å². The second-order valence-electron chi connectivity index (χ2n) is 5.99. The van der Waals surface area contributed by atoms with E-state index in [1.165, 1.54) is 0 Å². The summed E-state index contributed by atoms with van der Waals surface area (Å²) in [5.41, 5.74) is 7.63. The van der Waals surface area contributed by atoms with Crippen LogP contribution in [0.1, 0.15) is 10.4 Å². The molecule has 1 amide bonds. The highest BCUT2D eigenvalue weighted by atomic mass is 16.1. The molecule has 2 aromatic carbocycles. The van der Waals surface area contributed by atoms with E-state index in [2.05, 4.69) is 20.5 Å². The Hall–Kier alpha value is -3.45. The molecule has 0 aliphatic carbocycles. The number of aromatic nitrogens is 3. The maximum Gasteiger partial charge on any atom is 0.256 e. The highest BCUT2D eigenvalue weighted by Gasteiger charge is 2.15. The second-order valence-corrected chi connectivity index (χ2v) is 5.99. The summed E-state index contributed by atoms with van der Waals surface area (Å²) in [5, 5.41) is 12.3. The summed E-state index contributed by atoms with van der Waals surface area (Å²) in [6.07, 6.45) is 5.08. The Morgan fingerprint density at radius 3 is 2.81 bits per heavy atom. The molecule has 7 heteroatoms. The van der Waals surface area contributed by atoms with E-state index < -0.39 is 0 Å². The van der Waals surface area contributed by atoms with Gasteiger partial charge in [-0.2, -0.15) is 5.10 Å². The predicted octanol–water partition coefficient (Wildman–Crippen LogP) is 1.76. The van der Waals surface area contributed by atoms with E-state index in [1.807, 2.05) is 18.2 Å². The molecule has 130 valence electrons. The molecule has 0 fully saturated rings. The average molecular weight is 347 g/mol. The van der Waals surface area contributed by atoms with Crippen molar-refractivity contribution in [3.63, 3.8) is 0 Å². The maximum absolute atomic E-state index is 12.6. The van der Waals surface area contributed by atoms with Crippen molar-refractivity contribution < 1.29 is 4.79 Å². The van der Waals surface area contributed by atoms with E-state index in [4.69, 9.17) is 5.73 Å². The number of hydrogen-bond donors (Lipinski definition) is 4. The van der Waals surface area contributed by atoms with Gasteiger partial charge in [0.1, 0.15) is 0 Å². The number of carbonyl (C=O) groups is 1. The number of nitrogens with zero attached hydrogens (tertiary/aromatic N) is 1. The first kappa shape index (κ1) is 16.0. The molecule has 0 saturated heterocycles. The molecule has 0 spiro atoms. The van der Waals surface area contributed by atoms with Crippen LogP contribution in [0.25, 0.3) is 32.7 Å². The van der Waals surface area contributed by atoms with Crippen LogP contribution in [0.3, 0.4) is 0 Å². The van der Waals surface area contributed by atoms with E-state index in [9.17, 15) is 9.59 Å². The highest BCUT2D eigenvalue weighted by molar-refractivity contribution is 6.17. The van der Waals surface area contributed by atoms with Gasteiger partial charge >= 0.3 is 0 Å². The van der Waals surface area contributed by atoms with Gasteiger partial charge in [-0.1, -0.05) is 12.1 Å². The van der Waals surface area contributed by atoms with Crippen molar-refractivity contribution >= 4 is 27.5 Å². The number of carbonyl (C=O) groups excluding carboxylic acids is 1. The average Bonchev–Trinajstić information content (AvgIpc) is 3.19. The van der Waals surface area contributed by atoms with Crippen LogP contribution in [0, 0.1) is 0 Å². The third kappa shape index (κ3) is 2.64. The molecule has 0 unspecified atom stereocenters. The van der Waals surface area contributed by atoms with Gasteiger partial charge in [-0.25, -0.2) is 0 Å². The number of nitrogens with two attached hydrogens (primary N) is 1. The standard InChI is InChI=1S/C19H17N5O2/c20-4-6-22-18(25)16-8-12-3-5-21-19(26)17(12)15-7-11(1-2-14(15)16)13-9-23-24-10-13/h1-3,5,7-10H,4,6,20H2,(H,21,26)(H,22,25)(H,23,24). The molecule has 0 radical (unpaired) electrons. The first-order chi connectivity index (χ1) is 12.7. The third-order valence-electron chi connectivity index (χ3n) is 4.38. The van der Waals surface area contributed by atoms with Crippen LogP contribution >= 0.6 is 0 Å². The van der Waals surface area contributed by atoms with Crippen LogP contribution in [-0.4, -0.2) is 34.2 Å². The van der Waals surface area contributed by atoms with Crippen molar-refractivity contribution in [2.75, 3.05) is 13.1 Å². The Balaban J connectivity index is 2.04. The Kier molecular flexibility index (Phi) is 3.98. The van der Waals surface area contributed by atoms with Crippen LogP contribution < -0.4 is 16.6 Å². The Bertz CT molecular complexity index is 1160. The lowest BCUT2D eigenvalue weighted by Gasteiger charge is -2.11. The molecular formula is C19H17N5O2. The summed E-state index contributed by atoms with van der Waals surface area (Å²) in [6.45, 7) is 0.752. The smallest absolute Gasteiger partial charge is 0.256 e. The van der Waals surface area contributed by atoms with Crippen molar-refractivity contribution in [3.05, 3.63) is 64.8 Å². The van der Waals surface area contributed by atoms with Crippen molar-refractivity contribution in [2.45, 2.75) is 0 Å². The minimum atomic E-state index is -0.210. The second kappa shape index (κ2) is 6.45. The minimum absolute atomic E-state index is 0.189. The van der Waals surface area contributed by atoms with Crippen molar-refractivity contribution in [3.8, 4) is 11.1 Å². The minimum Gasteiger partial charge on any atom is -0.351 e. The summed E-state index contributed by atoms with van der Waals surface area (Å²) in [6, 6.07) is 9.23. The Morgan fingerprint density at radius 1 is 1.15 bits per heavy atom. The molecule has 5 N–H and O–H groups in total. The van der Waals surface area contributed by atoms with Gasteiger partial charge in [0.2, 0.25) is 0 Å². The monoisotopic (exact) mass is 347 g/mol. The Morgan fingerprint density at radius 2 is 2.04 bits per heavy atom. The SMILES string of the molecule is NCCNC(=O)c1cc2cc[nH]c(=O)c2c2cc(-c3cn[nH]c3)ccc12. The summed E-state index contributed by atoms with van der Waals surface area (Å²) in [5.74, 6) is -0.210. The van der Waals surface area contributed by atoms with E-state index in [-0.39, 0.29) is 11.5 Å². The predicted molar refractivity (Wildman–Crippen MR) is 101 cm³/mol. The first-order valence-corrected chi connectivity index (χ1v) is 8.24.